The number of halogens is 1. The van der Waals surface area contributed by atoms with E-state index in [1.165, 1.54) is 13.2 Å². The lowest BCUT2D eigenvalue weighted by molar-refractivity contribution is 0.583. The van der Waals surface area contributed by atoms with Crippen LogP contribution >= 0.6 is 11.6 Å². The summed E-state index contributed by atoms with van der Waals surface area (Å²) in [6.45, 7) is 0. The molecule has 15 heavy (non-hydrogen) atoms. The molecule has 2 heterocycles. The lowest BCUT2D eigenvalue weighted by Crippen LogP contribution is -2.22. The van der Waals surface area contributed by atoms with E-state index in [-0.39, 0.29) is 16.5 Å². The highest BCUT2D eigenvalue weighted by Gasteiger charge is 2.11. The third kappa shape index (κ3) is 1.61. The summed E-state index contributed by atoms with van der Waals surface area (Å²) < 4.78 is 6.30. The second-order valence-electron chi connectivity index (χ2n) is 3.00. The first-order chi connectivity index (χ1) is 7.09. The molecule has 5 nitrogen and oxygen atoms in total. The lowest BCUT2D eigenvalue weighted by atomic mass is 10.2. The van der Waals surface area contributed by atoms with Crippen molar-refractivity contribution in [2.45, 2.75) is 0 Å². The summed E-state index contributed by atoms with van der Waals surface area (Å²) in [5.74, 6) is 0.433. The van der Waals surface area contributed by atoms with Crippen LogP contribution in [0.1, 0.15) is 0 Å². The topological polar surface area (TPSA) is 74.1 Å². The van der Waals surface area contributed by atoms with Crippen molar-refractivity contribution in [1.82, 2.24) is 9.78 Å². The molecule has 2 rings (SSSR count). The molecule has 6 heteroatoms. The average Bonchev–Trinajstić information content (AvgIpc) is 2.61. The first-order valence-electron chi connectivity index (χ1n) is 4.17. The molecule has 2 aromatic heterocycles. The molecular weight excluding hydrogens is 218 g/mol. The van der Waals surface area contributed by atoms with Gasteiger partial charge < -0.3 is 10.2 Å². The number of nitrogens with zero attached hydrogens (tertiary/aromatic N) is 2. The van der Waals surface area contributed by atoms with E-state index in [4.69, 9.17) is 21.8 Å². The van der Waals surface area contributed by atoms with E-state index in [1.807, 2.05) is 0 Å². The molecule has 0 atom stereocenters. The second kappa shape index (κ2) is 3.43. The zero-order valence-electron chi connectivity index (χ0n) is 7.90. The van der Waals surface area contributed by atoms with Gasteiger partial charge in [0, 0.05) is 7.05 Å². The van der Waals surface area contributed by atoms with Crippen LogP contribution < -0.4 is 11.3 Å². The van der Waals surface area contributed by atoms with Crippen LogP contribution in [0.3, 0.4) is 0 Å². The van der Waals surface area contributed by atoms with E-state index < -0.39 is 0 Å². The predicted octanol–water partition coefficient (Wildman–Crippen LogP) is 1.28. The molecule has 0 aromatic carbocycles. The number of rotatable bonds is 1. The monoisotopic (exact) mass is 225 g/mol. The van der Waals surface area contributed by atoms with E-state index in [1.54, 1.807) is 12.1 Å². The minimum Gasteiger partial charge on any atom is -0.445 e. The molecule has 0 unspecified atom stereocenters. The van der Waals surface area contributed by atoms with E-state index in [2.05, 4.69) is 5.10 Å². The number of anilines is 1. The van der Waals surface area contributed by atoms with E-state index in [9.17, 15) is 4.79 Å². The van der Waals surface area contributed by atoms with Gasteiger partial charge in [0.25, 0.3) is 5.56 Å². The quantitative estimate of drug-likeness (QED) is 0.793. The molecule has 0 aliphatic heterocycles. The fraction of sp³-hybridized carbons (Fsp3) is 0.111. The number of nitrogen functional groups attached to an aromatic ring is 1. The Bertz CT molecular complexity index is 559. The number of aromatic nitrogens is 2. The molecule has 0 aliphatic carbocycles. The van der Waals surface area contributed by atoms with E-state index in [0.717, 1.165) is 4.68 Å². The molecule has 0 fully saturated rings. The minimum atomic E-state index is -0.361. The molecule has 78 valence electrons. The SMILES string of the molecule is Cn1ncc(-c2ccc(Cl)o2)c(N)c1=O. The second-order valence-corrected chi connectivity index (χ2v) is 3.38. The van der Waals surface area contributed by atoms with Gasteiger partial charge in [0.15, 0.2) is 5.22 Å². The Kier molecular flexibility index (Phi) is 2.24. The average molecular weight is 226 g/mol. The van der Waals surface area contributed by atoms with Crippen LogP contribution in [0.25, 0.3) is 11.3 Å². The Balaban J connectivity index is 2.64. The van der Waals surface area contributed by atoms with Gasteiger partial charge in [-0.05, 0) is 23.7 Å². The Morgan fingerprint density at radius 2 is 2.27 bits per heavy atom. The molecule has 0 saturated carbocycles. The number of hydrogen-bond acceptors (Lipinski definition) is 4. The summed E-state index contributed by atoms with van der Waals surface area (Å²) in [5.41, 5.74) is 5.83. The molecule has 0 radical (unpaired) electrons. The molecule has 2 aromatic rings. The van der Waals surface area contributed by atoms with Crippen molar-refractivity contribution in [3.63, 3.8) is 0 Å². The van der Waals surface area contributed by atoms with Crippen LogP contribution in [0, 0.1) is 0 Å². The number of furan rings is 1. The number of nitrogens with two attached hydrogens (primary N) is 1. The molecule has 2 N–H and O–H groups in total. The Morgan fingerprint density at radius 1 is 1.53 bits per heavy atom. The Labute approximate surface area is 90.1 Å². The standard InChI is InChI=1S/C9H8ClN3O2/c1-13-9(14)8(11)5(4-12-13)6-2-3-7(10)15-6/h2-4H,11H2,1H3. The van der Waals surface area contributed by atoms with Crippen molar-refractivity contribution in [2.75, 3.05) is 5.73 Å². The van der Waals surface area contributed by atoms with Crippen LogP contribution in [0.4, 0.5) is 5.69 Å². The normalized spacial score (nSPS) is 10.5. The molecular formula is C9H8ClN3O2. The predicted molar refractivity (Wildman–Crippen MR) is 56.6 cm³/mol. The summed E-state index contributed by atoms with van der Waals surface area (Å²) >= 11 is 5.62. The van der Waals surface area contributed by atoms with Gasteiger partial charge in [-0.25, -0.2) is 4.68 Å². The maximum Gasteiger partial charge on any atom is 0.290 e. The Morgan fingerprint density at radius 3 is 2.87 bits per heavy atom. The minimum absolute atomic E-state index is 0.0958. The first-order valence-corrected chi connectivity index (χ1v) is 4.55. The maximum atomic E-state index is 11.5. The van der Waals surface area contributed by atoms with Crippen molar-refractivity contribution in [1.29, 1.82) is 0 Å². The van der Waals surface area contributed by atoms with Crippen molar-refractivity contribution in [3.8, 4) is 11.3 Å². The van der Waals surface area contributed by atoms with Crippen molar-refractivity contribution >= 4 is 17.3 Å². The fourth-order valence-electron chi connectivity index (χ4n) is 1.21. The third-order valence-corrected chi connectivity index (χ3v) is 2.22. The highest BCUT2D eigenvalue weighted by molar-refractivity contribution is 6.29. The third-order valence-electron chi connectivity index (χ3n) is 2.01. The number of aryl methyl sites for hydroxylation is 1. The lowest BCUT2D eigenvalue weighted by Gasteiger charge is -2.02. The van der Waals surface area contributed by atoms with Crippen LogP contribution in [-0.4, -0.2) is 9.78 Å². The van der Waals surface area contributed by atoms with Crippen molar-refractivity contribution < 1.29 is 4.42 Å². The fourth-order valence-corrected chi connectivity index (χ4v) is 1.36. The van der Waals surface area contributed by atoms with Crippen LogP contribution in [-0.2, 0) is 7.05 Å². The number of hydrogen-bond donors (Lipinski definition) is 1. The van der Waals surface area contributed by atoms with Gasteiger partial charge >= 0.3 is 0 Å². The van der Waals surface area contributed by atoms with Gasteiger partial charge in [-0.2, -0.15) is 5.10 Å². The van der Waals surface area contributed by atoms with Crippen LogP contribution in [0.15, 0.2) is 27.5 Å². The van der Waals surface area contributed by atoms with Crippen molar-refractivity contribution in [3.05, 3.63) is 33.9 Å². The molecule has 0 saturated heterocycles. The highest BCUT2D eigenvalue weighted by atomic mass is 35.5. The molecule has 0 bridgehead atoms. The summed E-state index contributed by atoms with van der Waals surface area (Å²) in [4.78, 5) is 11.5. The summed E-state index contributed by atoms with van der Waals surface area (Å²) in [6, 6.07) is 3.21. The molecule has 0 amide bonds. The van der Waals surface area contributed by atoms with Gasteiger partial charge in [0.2, 0.25) is 0 Å². The van der Waals surface area contributed by atoms with Gasteiger partial charge in [0.05, 0.1) is 11.8 Å². The van der Waals surface area contributed by atoms with Crippen LogP contribution in [0.2, 0.25) is 5.22 Å². The Hall–Kier alpha value is -1.75. The van der Waals surface area contributed by atoms with Gasteiger partial charge in [-0.15, -0.1) is 0 Å². The van der Waals surface area contributed by atoms with Gasteiger partial charge in [-0.3, -0.25) is 4.79 Å². The first kappa shape index (κ1) is 9.79. The zero-order valence-corrected chi connectivity index (χ0v) is 8.65. The van der Waals surface area contributed by atoms with Crippen molar-refractivity contribution in [2.24, 2.45) is 7.05 Å². The molecule has 0 spiro atoms. The summed E-state index contributed by atoms with van der Waals surface area (Å²) in [5, 5.41) is 4.09. The highest BCUT2D eigenvalue weighted by Crippen LogP contribution is 2.26. The van der Waals surface area contributed by atoms with Gasteiger partial charge in [0.1, 0.15) is 11.4 Å². The van der Waals surface area contributed by atoms with E-state index in [0.29, 0.717) is 11.3 Å². The molecule has 0 aliphatic rings. The smallest absolute Gasteiger partial charge is 0.290 e. The summed E-state index contributed by atoms with van der Waals surface area (Å²) in [7, 11) is 1.53. The summed E-state index contributed by atoms with van der Waals surface area (Å²) in [6.07, 6.45) is 1.46. The van der Waals surface area contributed by atoms with Gasteiger partial charge in [-0.1, -0.05) is 0 Å². The maximum absolute atomic E-state index is 11.5. The van der Waals surface area contributed by atoms with E-state index >= 15 is 0 Å². The van der Waals surface area contributed by atoms with Crippen LogP contribution in [0.5, 0.6) is 0 Å². The largest absolute Gasteiger partial charge is 0.445 e. The zero-order chi connectivity index (χ0) is 11.0.